The van der Waals surface area contributed by atoms with Gasteiger partial charge in [-0.15, -0.1) is 0 Å². The van der Waals surface area contributed by atoms with Crippen molar-refractivity contribution in [2.24, 2.45) is 0 Å². The van der Waals surface area contributed by atoms with Crippen LogP contribution in [-0.4, -0.2) is 55.1 Å². The summed E-state index contributed by atoms with van der Waals surface area (Å²) in [5.41, 5.74) is 0. The van der Waals surface area contributed by atoms with E-state index in [2.05, 4.69) is 0 Å². The van der Waals surface area contributed by atoms with Gasteiger partial charge >= 0.3 is 12.1 Å². The second-order valence-electron chi connectivity index (χ2n) is 3.09. The van der Waals surface area contributed by atoms with Gasteiger partial charge in [-0.3, -0.25) is 4.79 Å². The summed E-state index contributed by atoms with van der Waals surface area (Å²) in [4.78, 5) is 13.4. The van der Waals surface area contributed by atoms with Gasteiger partial charge in [0.2, 0.25) is 0 Å². The number of nitrogens with zero attached hydrogens (tertiary/aromatic N) is 2. The second kappa shape index (κ2) is 5.95. The molecule has 1 saturated heterocycles. The molecule has 90 valence electrons. The van der Waals surface area contributed by atoms with Gasteiger partial charge in [0.15, 0.2) is 0 Å². The normalized spacial score (nSPS) is 18.1. The molecule has 1 rings (SSSR count). The van der Waals surface area contributed by atoms with Crippen LogP contribution < -0.4 is 0 Å². The van der Waals surface area contributed by atoms with Crippen LogP contribution in [0.15, 0.2) is 0 Å². The molecule has 0 aromatic heterocycles. The van der Waals surface area contributed by atoms with Crippen molar-refractivity contribution in [2.45, 2.75) is 20.0 Å². The fourth-order valence-electron chi connectivity index (χ4n) is 1.19. The third kappa shape index (κ3) is 4.51. The average Bonchev–Trinajstić information content (AvgIpc) is 2.20. The first kappa shape index (κ1) is 14.2. The van der Waals surface area contributed by atoms with Crippen molar-refractivity contribution in [3.63, 3.8) is 0 Å². The maximum absolute atomic E-state index is 11.9. The molecule has 0 unspecified atom stereocenters. The lowest BCUT2D eigenvalue weighted by Gasteiger charge is -2.32. The first-order valence-electron chi connectivity index (χ1n) is 4.96. The van der Waals surface area contributed by atoms with Gasteiger partial charge in [-0.2, -0.15) is 13.2 Å². The van der Waals surface area contributed by atoms with Crippen molar-refractivity contribution in [2.75, 3.05) is 33.2 Å². The van der Waals surface area contributed by atoms with Gasteiger partial charge in [-0.25, -0.2) is 0 Å². The largest absolute Gasteiger partial charge is 0.471 e. The van der Waals surface area contributed by atoms with Crippen LogP contribution in [0.2, 0.25) is 0 Å². The number of hydrogen-bond donors (Lipinski definition) is 0. The molecule has 1 amide bonds. The lowest BCUT2D eigenvalue weighted by Crippen LogP contribution is -2.51. The van der Waals surface area contributed by atoms with Crippen LogP contribution in [0.5, 0.6) is 0 Å². The molecule has 0 atom stereocenters. The summed E-state index contributed by atoms with van der Waals surface area (Å²) < 4.78 is 35.8. The zero-order valence-corrected chi connectivity index (χ0v) is 9.26. The molecule has 0 aliphatic carbocycles. The zero-order chi connectivity index (χ0) is 12.1. The predicted molar refractivity (Wildman–Crippen MR) is 51.5 cm³/mol. The third-order valence-electron chi connectivity index (χ3n) is 2.03. The number of hydrogen-bond acceptors (Lipinski definition) is 2. The van der Waals surface area contributed by atoms with E-state index in [1.807, 2.05) is 25.8 Å². The quantitative estimate of drug-likeness (QED) is 0.622. The van der Waals surface area contributed by atoms with Gasteiger partial charge in [-0.1, -0.05) is 13.8 Å². The Morgan fingerprint density at radius 3 is 1.80 bits per heavy atom. The lowest BCUT2D eigenvalue weighted by molar-refractivity contribution is -0.186. The molecule has 1 aliphatic heterocycles. The fourth-order valence-corrected chi connectivity index (χ4v) is 1.19. The molecule has 0 spiro atoms. The summed E-state index contributed by atoms with van der Waals surface area (Å²) in [6, 6.07) is 0. The van der Waals surface area contributed by atoms with Gasteiger partial charge in [-0.05, 0) is 7.05 Å². The maximum atomic E-state index is 11.9. The summed E-state index contributed by atoms with van der Waals surface area (Å²) in [5, 5.41) is 0. The summed E-state index contributed by atoms with van der Waals surface area (Å²) in [7, 11) is 1.81. The molecule has 0 aromatic rings. The summed E-state index contributed by atoms with van der Waals surface area (Å²) in [5.74, 6) is -1.72. The number of alkyl halides is 3. The number of piperazine rings is 1. The van der Waals surface area contributed by atoms with Crippen LogP contribution in [0.1, 0.15) is 13.8 Å². The molecule has 0 N–H and O–H groups in total. The van der Waals surface area contributed by atoms with Crippen molar-refractivity contribution in [3.05, 3.63) is 0 Å². The Bertz CT molecular complexity index is 198. The summed E-state index contributed by atoms with van der Waals surface area (Å²) in [6.45, 7) is 5.33. The Balaban J connectivity index is 0.000000921. The Kier molecular flexibility index (Phi) is 5.64. The highest BCUT2D eigenvalue weighted by atomic mass is 19.4. The van der Waals surface area contributed by atoms with E-state index in [0.717, 1.165) is 4.90 Å². The Morgan fingerprint density at radius 2 is 1.47 bits per heavy atom. The number of carbonyl (C=O) groups excluding carboxylic acids is 1. The van der Waals surface area contributed by atoms with E-state index in [-0.39, 0.29) is 13.1 Å². The number of likely N-dealkylation sites (N-methyl/N-ethyl adjacent to an activating group) is 1. The van der Waals surface area contributed by atoms with Crippen LogP contribution in [0, 0.1) is 0 Å². The molecule has 1 heterocycles. The molecule has 1 fully saturated rings. The van der Waals surface area contributed by atoms with Gasteiger partial charge in [0.1, 0.15) is 0 Å². The van der Waals surface area contributed by atoms with Crippen LogP contribution in [0.25, 0.3) is 0 Å². The van der Waals surface area contributed by atoms with Crippen molar-refractivity contribution in [1.82, 2.24) is 9.80 Å². The number of halogens is 3. The van der Waals surface area contributed by atoms with Gasteiger partial charge in [0, 0.05) is 26.2 Å². The number of amides is 1. The van der Waals surface area contributed by atoms with E-state index >= 15 is 0 Å². The minimum Gasteiger partial charge on any atom is -0.332 e. The smallest absolute Gasteiger partial charge is 0.332 e. The Labute approximate surface area is 87.8 Å². The standard InChI is InChI=1S/C7H11F3N2O.C2H6/c1-11-2-4-12(5-3-11)6(13)7(8,9)10;1-2/h2-5H2,1H3;1-2H3. The van der Waals surface area contributed by atoms with Crippen LogP contribution >= 0.6 is 0 Å². The van der Waals surface area contributed by atoms with Crippen molar-refractivity contribution in [1.29, 1.82) is 0 Å². The lowest BCUT2D eigenvalue weighted by atomic mass is 10.3. The summed E-state index contributed by atoms with van der Waals surface area (Å²) in [6.07, 6.45) is -4.73. The minimum atomic E-state index is -4.73. The molecule has 6 heteroatoms. The van der Waals surface area contributed by atoms with E-state index in [4.69, 9.17) is 0 Å². The minimum absolute atomic E-state index is 0.162. The van der Waals surface area contributed by atoms with Gasteiger partial charge < -0.3 is 9.80 Å². The maximum Gasteiger partial charge on any atom is 0.471 e. The molecule has 15 heavy (non-hydrogen) atoms. The van der Waals surface area contributed by atoms with Crippen molar-refractivity contribution >= 4 is 5.91 Å². The fraction of sp³-hybridized carbons (Fsp3) is 0.889. The SMILES string of the molecule is CC.CN1CCN(C(=O)C(F)(F)F)CC1. The average molecular weight is 226 g/mol. The highest BCUT2D eigenvalue weighted by Crippen LogP contribution is 2.19. The first-order chi connectivity index (χ1) is 6.91. The summed E-state index contributed by atoms with van der Waals surface area (Å²) >= 11 is 0. The van der Waals surface area contributed by atoms with E-state index < -0.39 is 12.1 Å². The second-order valence-corrected chi connectivity index (χ2v) is 3.09. The Morgan fingerprint density at radius 1 is 1.07 bits per heavy atom. The third-order valence-corrected chi connectivity index (χ3v) is 2.03. The highest BCUT2D eigenvalue weighted by Gasteiger charge is 2.42. The topological polar surface area (TPSA) is 23.6 Å². The first-order valence-corrected chi connectivity index (χ1v) is 4.96. The molecule has 0 radical (unpaired) electrons. The highest BCUT2D eigenvalue weighted by molar-refractivity contribution is 5.81. The van der Waals surface area contributed by atoms with E-state index in [1.54, 1.807) is 0 Å². The molecular formula is C9H17F3N2O. The van der Waals surface area contributed by atoms with E-state index in [0.29, 0.717) is 13.1 Å². The predicted octanol–water partition coefficient (Wildman–Crippen LogP) is 1.35. The van der Waals surface area contributed by atoms with Gasteiger partial charge in [0.05, 0.1) is 0 Å². The van der Waals surface area contributed by atoms with Gasteiger partial charge in [0.25, 0.3) is 0 Å². The van der Waals surface area contributed by atoms with Crippen molar-refractivity contribution in [3.8, 4) is 0 Å². The number of carbonyl (C=O) groups is 1. The van der Waals surface area contributed by atoms with E-state index in [9.17, 15) is 18.0 Å². The zero-order valence-electron chi connectivity index (χ0n) is 9.26. The molecule has 1 aliphatic rings. The van der Waals surface area contributed by atoms with Crippen LogP contribution in [0.3, 0.4) is 0 Å². The number of rotatable bonds is 0. The molecule has 0 bridgehead atoms. The van der Waals surface area contributed by atoms with Crippen molar-refractivity contribution < 1.29 is 18.0 Å². The monoisotopic (exact) mass is 226 g/mol. The van der Waals surface area contributed by atoms with Crippen LogP contribution in [-0.2, 0) is 4.79 Å². The Hall–Kier alpha value is -0.780. The molecule has 0 saturated carbocycles. The van der Waals surface area contributed by atoms with Crippen LogP contribution in [0.4, 0.5) is 13.2 Å². The van der Waals surface area contributed by atoms with E-state index in [1.165, 1.54) is 0 Å². The molecule has 3 nitrogen and oxygen atoms in total. The molecule has 0 aromatic carbocycles. The molecular weight excluding hydrogens is 209 g/mol.